The lowest BCUT2D eigenvalue weighted by Crippen LogP contribution is -2.23. The second-order valence-corrected chi connectivity index (χ2v) is 6.23. The van der Waals surface area contributed by atoms with Crippen LogP contribution in [0.25, 0.3) is 10.8 Å². The summed E-state index contributed by atoms with van der Waals surface area (Å²) in [4.78, 5) is 8.35. The van der Waals surface area contributed by atoms with Gasteiger partial charge in [0.2, 0.25) is 10.0 Å². The number of aromatic nitrogens is 2. The normalized spacial score (nSPS) is 11.6. The fourth-order valence-electron chi connectivity index (χ4n) is 2.08. The molecule has 3 aromatic rings. The highest BCUT2D eigenvalue weighted by molar-refractivity contribution is 7.89. The standard InChI is InChI=1S/C15H13N3O2S/c19-21(20,18-11-13-5-1-2-8-17-13)15-6-3-4-12-10-16-9-7-14(12)15/h1-10,18H,11H2. The Labute approximate surface area is 122 Å². The van der Waals surface area contributed by atoms with Crippen LogP contribution in [0.4, 0.5) is 0 Å². The van der Waals surface area contributed by atoms with Crippen LogP contribution < -0.4 is 4.72 Å². The highest BCUT2D eigenvalue weighted by Crippen LogP contribution is 2.21. The molecule has 0 spiro atoms. The van der Waals surface area contributed by atoms with Gasteiger partial charge in [-0.2, -0.15) is 0 Å². The molecule has 21 heavy (non-hydrogen) atoms. The summed E-state index contributed by atoms with van der Waals surface area (Å²) in [6.07, 6.45) is 4.86. The summed E-state index contributed by atoms with van der Waals surface area (Å²) in [6.45, 7) is 0.157. The van der Waals surface area contributed by atoms with Gasteiger partial charge in [0.25, 0.3) is 0 Å². The minimum absolute atomic E-state index is 0.157. The molecule has 106 valence electrons. The third-order valence-corrected chi connectivity index (χ3v) is 4.56. The van der Waals surface area contributed by atoms with E-state index in [9.17, 15) is 8.42 Å². The zero-order valence-electron chi connectivity index (χ0n) is 11.1. The zero-order valence-corrected chi connectivity index (χ0v) is 11.9. The third-order valence-electron chi connectivity index (χ3n) is 3.10. The highest BCUT2D eigenvalue weighted by atomic mass is 32.2. The van der Waals surface area contributed by atoms with Crippen molar-refractivity contribution in [2.45, 2.75) is 11.4 Å². The molecule has 5 nitrogen and oxygen atoms in total. The molecule has 0 unspecified atom stereocenters. The molecule has 0 aliphatic carbocycles. The molecule has 3 rings (SSSR count). The first-order valence-electron chi connectivity index (χ1n) is 6.39. The lowest BCUT2D eigenvalue weighted by molar-refractivity contribution is 0.581. The third kappa shape index (κ3) is 2.91. The molecule has 0 aliphatic rings. The summed E-state index contributed by atoms with van der Waals surface area (Å²) >= 11 is 0. The van der Waals surface area contributed by atoms with Crippen molar-refractivity contribution in [2.24, 2.45) is 0 Å². The monoisotopic (exact) mass is 299 g/mol. The van der Waals surface area contributed by atoms with E-state index in [0.717, 1.165) is 5.39 Å². The number of fused-ring (bicyclic) bond motifs is 1. The Balaban J connectivity index is 1.94. The van der Waals surface area contributed by atoms with Gasteiger partial charge in [-0.3, -0.25) is 9.97 Å². The number of pyridine rings is 2. The molecule has 0 aliphatic heterocycles. The van der Waals surface area contributed by atoms with Crippen LogP contribution >= 0.6 is 0 Å². The Morgan fingerprint density at radius 1 is 1.00 bits per heavy atom. The number of hydrogen-bond donors (Lipinski definition) is 1. The quantitative estimate of drug-likeness (QED) is 0.801. The van der Waals surface area contributed by atoms with Gasteiger partial charge in [0.05, 0.1) is 17.1 Å². The topological polar surface area (TPSA) is 72.0 Å². The minimum atomic E-state index is -3.60. The summed E-state index contributed by atoms with van der Waals surface area (Å²) in [5.41, 5.74) is 0.669. The highest BCUT2D eigenvalue weighted by Gasteiger charge is 2.16. The van der Waals surface area contributed by atoms with Gasteiger partial charge in [0.1, 0.15) is 0 Å². The van der Waals surface area contributed by atoms with E-state index in [1.54, 1.807) is 48.9 Å². The maximum absolute atomic E-state index is 12.5. The molecule has 0 bridgehead atoms. The Hall–Kier alpha value is -2.31. The first-order chi connectivity index (χ1) is 10.2. The molecule has 0 fully saturated rings. The summed E-state index contributed by atoms with van der Waals surface area (Å²) in [6, 6.07) is 12.2. The van der Waals surface area contributed by atoms with Crippen molar-refractivity contribution in [2.75, 3.05) is 0 Å². The van der Waals surface area contributed by atoms with Gasteiger partial charge in [0.15, 0.2) is 0 Å². The van der Waals surface area contributed by atoms with Gasteiger partial charge in [0, 0.05) is 29.4 Å². The molecule has 0 amide bonds. The SMILES string of the molecule is O=S(=O)(NCc1ccccn1)c1cccc2cnccc12. The molecule has 1 aromatic carbocycles. The fourth-order valence-corrected chi connectivity index (χ4v) is 3.30. The van der Waals surface area contributed by atoms with E-state index >= 15 is 0 Å². The maximum Gasteiger partial charge on any atom is 0.241 e. The van der Waals surface area contributed by atoms with Gasteiger partial charge in [-0.15, -0.1) is 0 Å². The molecule has 0 atom stereocenters. The maximum atomic E-state index is 12.5. The largest absolute Gasteiger partial charge is 0.264 e. The smallest absolute Gasteiger partial charge is 0.241 e. The first kappa shape index (κ1) is 13.7. The van der Waals surface area contributed by atoms with E-state index in [4.69, 9.17) is 0 Å². The number of benzene rings is 1. The average molecular weight is 299 g/mol. The second-order valence-electron chi connectivity index (χ2n) is 4.50. The van der Waals surface area contributed by atoms with Crippen LogP contribution in [0, 0.1) is 0 Å². The van der Waals surface area contributed by atoms with Gasteiger partial charge in [-0.1, -0.05) is 18.2 Å². The number of nitrogens with zero attached hydrogens (tertiary/aromatic N) is 2. The van der Waals surface area contributed by atoms with Gasteiger partial charge < -0.3 is 0 Å². The van der Waals surface area contributed by atoms with E-state index in [-0.39, 0.29) is 11.4 Å². The van der Waals surface area contributed by atoms with E-state index < -0.39 is 10.0 Å². The Morgan fingerprint density at radius 2 is 1.90 bits per heavy atom. The van der Waals surface area contributed by atoms with Crippen molar-refractivity contribution in [3.05, 3.63) is 66.7 Å². The molecule has 2 aromatic heterocycles. The number of rotatable bonds is 4. The van der Waals surface area contributed by atoms with Crippen molar-refractivity contribution >= 4 is 20.8 Å². The predicted octanol–water partition coefficient (Wildman–Crippen LogP) is 2.11. The molecule has 2 heterocycles. The van der Waals surface area contributed by atoms with E-state index in [2.05, 4.69) is 14.7 Å². The van der Waals surface area contributed by atoms with Crippen LogP contribution in [-0.2, 0) is 16.6 Å². The molecular weight excluding hydrogens is 286 g/mol. The number of nitrogens with one attached hydrogen (secondary N) is 1. The molecule has 1 N–H and O–H groups in total. The van der Waals surface area contributed by atoms with Crippen LogP contribution in [0.5, 0.6) is 0 Å². The number of sulfonamides is 1. The van der Waals surface area contributed by atoms with E-state index in [1.165, 1.54) is 0 Å². The van der Waals surface area contributed by atoms with Crippen LogP contribution in [0.15, 0.2) is 66.0 Å². The lowest BCUT2D eigenvalue weighted by Gasteiger charge is -2.09. The van der Waals surface area contributed by atoms with Crippen LogP contribution in [0.3, 0.4) is 0 Å². The summed E-state index contributed by atoms with van der Waals surface area (Å²) < 4.78 is 27.5. The van der Waals surface area contributed by atoms with Crippen LogP contribution in [-0.4, -0.2) is 18.4 Å². The first-order valence-corrected chi connectivity index (χ1v) is 7.87. The van der Waals surface area contributed by atoms with Gasteiger partial charge in [-0.05, 0) is 24.3 Å². The van der Waals surface area contributed by atoms with Crippen molar-refractivity contribution in [3.8, 4) is 0 Å². The summed E-state index contributed by atoms with van der Waals surface area (Å²) in [7, 11) is -3.60. The van der Waals surface area contributed by atoms with E-state index in [1.807, 2.05) is 12.1 Å². The average Bonchev–Trinajstić information content (AvgIpc) is 2.53. The molecule has 0 radical (unpaired) electrons. The van der Waals surface area contributed by atoms with Crippen molar-refractivity contribution in [1.82, 2.24) is 14.7 Å². The van der Waals surface area contributed by atoms with Crippen molar-refractivity contribution in [3.63, 3.8) is 0 Å². The summed E-state index contributed by atoms with van der Waals surface area (Å²) in [5, 5.41) is 1.44. The van der Waals surface area contributed by atoms with Gasteiger partial charge in [-0.25, -0.2) is 13.1 Å². The second kappa shape index (κ2) is 5.59. The predicted molar refractivity (Wildman–Crippen MR) is 80.0 cm³/mol. The zero-order chi connectivity index (χ0) is 14.7. The fraction of sp³-hybridized carbons (Fsp3) is 0.0667. The molecule has 6 heteroatoms. The number of hydrogen-bond acceptors (Lipinski definition) is 4. The van der Waals surface area contributed by atoms with E-state index in [0.29, 0.717) is 11.1 Å². The van der Waals surface area contributed by atoms with Crippen molar-refractivity contribution in [1.29, 1.82) is 0 Å². The molecule has 0 saturated carbocycles. The summed E-state index contributed by atoms with van der Waals surface area (Å²) in [5.74, 6) is 0. The Bertz CT molecular complexity index is 859. The van der Waals surface area contributed by atoms with Gasteiger partial charge >= 0.3 is 0 Å². The van der Waals surface area contributed by atoms with Crippen molar-refractivity contribution < 1.29 is 8.42 Å². The Morgan fingerprint density at radius 3 is 2.71 bits per heavy atom. The molecular formula is C15H13N3O2S. The lowest BCUT2D eigenvalue weighted by atomic mass is 10.2. The molecule has 0 saturated heterocycles. The van der Waals surface area contributed by atoms with Crippen LogP contribution in [0.1, 0.15) is 5.69 Å². The Kier molecular flexibility index (Phi) is 3.64. The minimum Gasteiger partial charge on any atom is -0.264 e. The van der Waals surface area contributed by atoms with Crippen LogP contribution in [0.2, 0.25) is 0 Å².